The van der Waals surface area contributed by atoms with E-state index >= 15 is 0 Å². The number of primary sulfonamides is 1. The molecule has 0 atom stereocenters. The summed E-state index contributed by atoms with van der Waals surface area (Å²) in [5.74, 6) is -0.298. The highest BCUT2D eigenvalue weighted by atomic mass is 32.2. The number of benzene rings is 3. The maximum atomic E-state index is 12.3. The second kappa shape index (κ2) is 8.29. The standard InChI is InChI=1S/C21H18N4O6S/c22-32(29,30)14-6-7-17(18(12-14)25(27)28)23-10-9-21(26)24-13-5-8-20-16(11-13)15-3-1-2-4-19(15)31-20/h1-8,11-12,23H,9-10H2,(H,24,26)(H2,22,29,30). The highest BCUT2D eigenvalue weighted by Crippen LogP contribution is 2.30. The molecule has 4 rings (SSSR count). The molecule has 10 nitrogen and oxygen atoms in total. The number of nitro benzene ring substituents is 1. The summed E-state index contributed by atoms with van der Waals surface area (Å²) < 4.78 is 28.6. The Morgan fingerprint density at radius 1 is 1.03 bits per heavy atom. The Morgan fingerprint density at radius 3 is 2.53 bits per heavy atom. The van der Waals surface area contributed by atoms with Crippen LogP contribution in [0.1, 0.15) is 6.42 Å². The second-order valence-corrected chi connectivity index (χ2v) is 8.58. The smallest absolute Gasteiger partial charge is 0.293 e. The number of sulfonamides is 1. The molecule has 4 aromatic rings. The molecule has 1 heterocycles. The maximum absolute atomic E-state index is 12.3. The van der Waals surface area contributed by atoms with Crippen LogP contribution >= 0.6 is 0 Å². The molecule has 4 N–H and O–H groups in total. The van der Waals surface area contributed by atoms with Gasteiger partial charge in [0.1, 0.15) is 16.9 Å². The molecule has 0 aliphatic rings. The minimum absolute atomic E-state index is 0.0261. The van der Waals surface area contributed by atoms with Crippen molar-refractivity contribution >= 4 is 54.9 Å². The van der Waals surface area contributed by atoms with E-state index in [4.69, 9.17) is 9.56 Å². The van der Waals surface area contributed by atoms with Gasteiger partial charge in [0.15, 0.2) is 0 Å². The number of carbonyl (C=O) groups is 1. The van der Waals surface area contributed by atoms with Crippen LogP contribution in [-0.2, 0) is 14.8 Å². The van der Waals surface area contributed by atoms with E-state index in [2.05, 4.69) is 10.6 Å². The molecule has 0 spiro atoms. The summed E-state index contributed by atoms with van der Waals surface area (Å²) >= 11 is 0. The van der Waals surface area contributed by atoms with Crippen LogP contribution in [0.25, 0.3) is 21.9 Å². The Hall–Kier alpha value is -3.96. The molecule has 164 valence electrons. The average Bonchev–Trinajstić information content (AvgIpc) is 3.11. The van der Waals surface area contributed by atoms with E-state index in [0.717, 1.165) is 28.5 Å². The third-order valence-corrected chi connectivity index (χ3v) is 5.73. The van der Waals surface area contributed by atoms with Crippen LogP contribution in [0.2, 0.25) is 0 Å². The Kier molecular flexibility index (Phi) is 5.51. The van der Waals surface area contributed by atoms with Gasteiger partial charge < -0.3 is 15.1 Å². The Morgan fingerprint density at radius 2 is 1.78 bits per heavy atom. The molecule has 0 aliphatic heterocycles. The summed E-state index contributed by atoms with van der Waals surface area (Å²) in [6.07, 6.45) is 0.0261. The Balaban J connectivity index is 1.42. The molecule has 0 aliphatic carbocycles. The summed E-state index contributed by atoms with van der Waals surface area (Å²) in [6.45, 7) is 0.0955. The lowest BCUT2D eigenvalue weighted by Gasteiger charge is -2.09. The van der Waals surface area contributed by atoms with Crippen LogP contribution < -0.4 is 15.8 Å². The molecule has 0 saturated carbocycles. The van der Waals surface area contributed by atoms with E-state index in [0.29, 0.717) is 11.3 Å². The fraction of sp³-hybridized carbons (Fsp3) is 0.0952. The number of furan rings is 1. The van der Waals surface area contributed by atoms with Gasteiger partial charge in [-0.25, -0.2) is 13.6 Å². The molecule has 3 aromatic carbocycles. The first-order valence-electron chi connectivity index (χ1n) is 9.48. The van der Waals surface area contributed by atoms with Crippen LogP contribution in [-0.4, -0.2) is 25.8 Å². The number of nitrogens with one attached hydrogen (secondary N) is 2. The lowest BCUT2D eigenvalue weighted by molar-refractivity contribution is -0.384. The van der Waals surface area contributed by atoms with Gasteiger partial charge in [0.05, 0.1) is 9.82 Å². The summed E-state index contributed by atoms with van der Waals surface area (Å²) in [5, 5.41) is 23.7. The zero-order chi connectivity index (χ0) is 22.9. The number of nitrogens with zero attached hydrogens (tertiary/aromatic N) is 1. The highest BCUT2D eigenvalue weighted by molar-refractivity contribution is 7.89. The van der Waals surface area contributed by atoms with Crippen LogP contribution in [0.3, 0.4) is 0 Å². The molecule has 0 saturated heterocycles. The third-order valence-electron chi connectivity index (χ3n) is 4.82. The number of nitro groups is 1. The lowest BCUT2D eigenvalue weighted by atomic mass is 10.1. The van der Waals surface area contributed by atoms with Crippen molar-refractivity contribution in [2.24, 2.45) is 5.14 Å². The first-order chi connectivity index (χ1) is 15.2. The summed E-state index contributed by atoms with van der Waals surface area (Å²) in [6, 6.07) is 16.2. The van der Waals surface area contributed by atoms with E-state index in [1.807, 2.05) is 30.3 Å². The zero-order valence-electron chi connectivity index (χ0n) is 16.6. The van der Waals surface area contributed by atoms with Crippen molar-refractivity contribution in [1.82, 2.24) is 0 Å². The molecule has 32 heavy (non-hydrogen) atoms. The monoisotopic (exact) mass is 454 g/mol. The quantitative estimate of drug-likeness (QED) is 0.284. The number of fused-ring (bicyclic) bond motifs is 3. The largest absolute Gasteiger partial charge is 0.456 e. The third kappa shape index (κ3) is 4.38. The number of para-hydroxylation sites is 1. The molecular formula is C21H18N4O6S. The number of hydrogen-bond acceptors (Lipinski definition) is 7. The van der Waals surface area contributed by atoms with Gasteiger partial charge in [0, 0.05) is 35.5 Å². The van der Waals surface area contributed by atoms with E-state index in [9.17, 15) is 23.3 Å². The molecule has 11 heteroatoms. The normalized spacial score (nSPS) is 11.5. The highest BCUT2D eigenvalue weighted by Gasteiger charge is 2.19. The fourth-order valence-electron chi connectivity index (χ4n) is 3.33. The molecule has 0 radical (unpaired) electrons. The molecule has 1 amide bonds. The predicted molar refractivity (Wildman–Crippen MR) is 120 cm³/mol. The second-order valence-electron chi connectivity index (χ2n) is 7.02. The van der Waals surface area contributed by atoms with E-state index < -0.39 is 20.6 Å². The van der Waals surface area contributed by atoms with Crippen LogP contribution in [0.15, 0.2) is 70.0 Å². The Bertz CT molecular complexity index is 1460. The topological polar surface area (TPSA) is 158 Å². The fourth-order valence-corrected chi connectivity index (χ4v) is 3.86. The SMILES string of the molecule is NS(=O)(=O)c1ccc(NCCC(=O)Nc2ccc3oc4ccccc4c3c2)c([N+](=O)[O-])c1. The van der Waals surface area contributed by atoms with Crippen molar-refractivity contribution in [3.05, 3.63) is 70.8 Å². The first kappa shape index (κ1) is 21.3. The molecule has 0 unspecified atom stereocenters. The van der Waals surface area contributed by atoms with Gasteiger partial charge in [0.25, 0.3) is 5.69 Å². The molecule has 1 aromatic heterocycles. The predicted octanol–water partition coefficient (Wildman–Crippen LogP) is 3.58. The number of nitrogens with two attached hydrogens (primary N) is 1. The minimum Gasteiger partial charge on any atom is -0.456 e. The zero-order valence-corrected chi connectivity index (χ0v) is 17.4. The van der Waals surface area contributed by atoms with Crippen molar-refractivity contribution in [2.75, 3.05) is 17.2 Å². The van der Waals surface area contributed by atoms with Crippen molar-refractivity contribution in [3.63, 3.8) is 0 Å². The summed E-state index contributed by atoms with van der Waals surface area (Å²) in [7, 11) is -4.07. The van der Waals surface area contributed by atoms with E-state index in [1.54, 1.807) is 12.1 Å². The molecule has 0 bridgehead atoms. The van der Waals surface area contributed by atoms with Crippen molar-refractivity contribution in [1.29, 1.82) is 0 Å². The maximum Gasteiger partial charge on any atom is 0.293 e. The number of rotatable bonds is 7. The van der Waals surface area contributed by atoms with Gasteiger partial charge in [-0.1, -0.05) is 18.2 Å². The first-order valence-corrected chi connectivity index (χ1v) is 11.0. The van der Waals surface area contributed by atoms with Crippen LogP contribution in [0.4, 0.5) is 17.1 Å². The van der Waals surface area contributed by atoms with Gasteiger partial charge in [0.2, 0.25) is 15.9 Å². The number of hydrogen-bond donors (Lipinski definition) is 3. The number of amides is 1. The number of carbonyl (C=O) groups excluding carboxylic acids is 1. The molecule has 0 fully saturated rings. The van der Waals surface area contributed by atoms with E-state index in [-0.39, 0.29) is 29.5 Å². The van der Waals surface area contributed by atoms with Gasteiger partial charge in [-0.3, -0.25) is 14.9 Å². The van der Waals surface area contributed by atoms with E-state index in [1.165, 1.54) is 6.07 Å². The van der Waals surface area contributed by atoms with Gasteiger partial charge >= 0.3 is 0 Å². The van der Waals surface area contributed by atoms with Gasteiger partial charge in [-0.15, -0.1) is 0 Å². The van der Waals surface area contributed by atoms with Gasteiger partial charge in [-0.05, 0) is 36.4 Å². The Labute approximate surface area is 182 Å². The van der Waals surface area contributed by atoms with Crippen LogP contribution in [0.5, 0.6) is 0 Å². The lowest BCUT2D eigenvalue weighted by Crippen LogP contribution is -2.17. The van der Waals surface area contributed by atoms with Gasteiger partial charge in [-0.2, -0.15) is 0 Å². The summed E-state index contributed by atoms with van der Waals surface area (Å²) in [4.78, 5) is 22.5. The van der Waals surface area contributed by atoms with Crippen molar-refractivity contribution in [2.45, 2.75) is 11.3 Å². The van der Waals surface area contributed by atoms with Crippen molar-refractivity contribution < 1.29 is 22.6 Å². The number of anilines is 2. The average molecular weight is 454 g/mol. The minimum atomic E-state index is -4.07. The summed E-state index contributed by atoms with van der Waals surface area (Å²) in [5.41, 5.74) is 1.69. The van der Waals surface area contributed by atoms with Crippen molar-refractivity contribution in [3.8, 4) is 0 Å². The van der Waals surface area contributed by atoms with Crippen LogP contribution in [0, 0.1) is 10.1 Å². The molecular weight excluding hydrogens is 436 g/mol.